The predicted octanol–water partition coefficient (Wildman–Crippen LogP) is 2.75. The van der Waals surface area contributed by atoms with E-state index in [9.17, 15) is 9.59 Å². The number of carbonyl (C=O) groups is 2. The predicted molar refractivity (Wildman–Crippen MR) is 112 cm³/mol. The molecule has 2 N–H and O–H groups in total. The van der Waals surface area contributed by atoms with Gasteiger partial charge in [0, 0.05) is 30.4 Å². The summed E-state index contributed by atoms with van der Waals surface area (Å²) in [5.41, 5.74) is 3.14. The van der Waals surface area contributed by atoms with Crippen LogP contribution in [0.1, 0.15) is 44.6 Å². The third-order valence-corrected chi connectivity index (χ3v) is 4.43. The Bertz CT molecular complexity index is 930. The van der Waals surface area contributed by atoms with Crippen LogP contribution in [0, 0.1) is 12.3 Å². The Balaban J connectivity index is 0.00000280. The molecule has 0 bridgehead atoms. The van der Waals surface area contributed by atoms with E-state index in [0.29, 0.717) is 35.7 Å². The summed E-state index contributed by atoms with van der Waals surface area (Å²) >= 11 is 0. The highest BCUT2D eigenvalue weighted by molar-refractivity contribution is 8.93. The van der Waals surface area contributed by atoms with E-state index in [1.54, 1.807) is 23.1 Å². The summed E-state index contributed by atoms with van der Waals surface area (Å²) in [6.45, 7) is 4.66. The quantitative estimate of drug-likeness (QED) is 0.665. The Morgan fingerprint density at radius 2 is 2.04 bits per heavy atom. The second-order valence-electron chi connectivity index (χ2n) is 6.31. The first-order valence-electron chi connectivity index (χ1n) is 8.77. The van der Waals surface area contributed by atoms with Crippen LogP contribution in [0.5, 0.6) is 5.75 Å². The molecule has 2 aromatic rings. The number of amides is 1. The molecule has 28 heavy (non-hydrogen) atoms. The number of amidine groups is 1. The number of pyridine rings is 1. The molecule has 1 aliphatic rings. The van der Waals surface area contributed by atoms with E-state index in [2.05, 4.69) is 10.3 Å². The van der Waals surface area contributed by atoms with Crippen molar-refractivity contribution in [3.63, 3.8) is 0 Å². The van der Waals surface area contributed by atoms with Crippen LogP contribution >= 0.6 is 17.0 Å². The fourth-order valence-electron chi connectivity index (χ4n) is 3.05. The molecule has 1 aromatic carbocycles. The fourth-order valence-corrected chi connectivity index (χ4v) is 3.05. The summed E-state index contributed by atoms with van der Waals surface area (Å²) in [7, 11) is 1.53. The van der Waals surface area contributed by atoms with Crippen molar-refractivity contribution in [2.75, 3.05) is 20.2 Å². The molecule has 1 aliphatic heterocycles. The summed E-state index contributed by atoms with van der Waals surface area (Å²) in [5.74, 6) is 0.209. The van der Waals surface area contributed by atoms with Crippen LogP contribution in [0.4, 0.5) is 0 Å². The Labute approximate surface area is 174 Å². The van der Waals surface area contributed by atoms with Gasteiger partial charge in [0.2, 0.25) is 0 Å². The summed E-state index contributed by atoms with van der Waals surface area (Å²) in [4.78, 5) is 31.0. The number of hydrogen-bond acceptors (Lipinski definition) is 5. The van der Waals surface area contributed by atoms with E-state index in [1.807, 2.05) is 26.0 Å². The Hall–Kier alpha value is -2.74. The molecule has 1 amide bonds. The Kier molecular flexibility index (Phi) is 6.90. The zero-order chi connectivity index (χ0) is 19.6. The second-order valence-corrected chi connectivity index (χ2v) is 6.31. The van der Waals surface area contributed by atoms with E-state index in [0.717, 1.165) is 11.3 Å². The maximum absolute atomic E-state index is 12.8. The van der Waals surface area contributed by atoms with Gasteiger partial charge >= 0.3 is 0 Å². The minimum Gasteiger partial charge on any atom is -0.493 e. The summed E-state index contributed by atoms with van der Waals surface area (Å²) < 4.78 is 5.47. The van der Waals surface area contributed by atoms with Crippen molar-refractivity contribution in [2.45, 2.75) is 20.4 Å². The third kappa shape index (κ3) is 4.22. The van der Waals surface area contributed by atoms with Crippen molar-refractivity contribution in [1.82, 2.24) is 15.2 Å². The van der Waals surface area contributed by atoms with Gasteiger partial charge in [-0.2, -0.15) is 0 Å². The number of hydrogen-bond donors (Lipinski definition) is 2. The van der Waals surface area contributed by atoms with Crippen LogP contribution in [0.15, 0.2) is 30.3 Å². The van der Waals surface area contributed by atoms with Crippen LogP contribution in [0.2, 0.25) is 0 Å². The number of nitrogens with zero attached hydrogens (tertiary/aromatic N) is 2. The number of ketones is 1. The van der Waals surface area contributed by atoms with Crippen molar-refractivity contribution in [3.8, 4) is 5.75 Å². The second kappa shape index (κ2) is 8.97. The maximum Gasteiger partial charge on any atom is 0.254 e. The van der Waals surface area contributed by atoms with Gasteiger partial charge in [-0.3, -0.25) is 15.0 Å². The number of halogens is 1. The van der Waals surface area contributed by atoms with Crippen LogP contribution in [0.3, 0.4) is 0 Å². The largest absolute Gasteiger partial charge is 0.493 e. The number of rotatable bonds is 6. The van der Waals surface area contributed by atoms with Gasteiger partial charge in [-0.05, 0) is 38.1 Å². The van der Waals surface area contributed by atoms with E-state index in [-0.39, 0.29) is 41.1 Å². The molecule has 0 radical (unpaired) electrons. The van der Waals surface area contributed by atoms with Crippen molar-refractivity contribution < 1.29 is 14.3 Å². The molecular formula is C20H23BrN4O3. The molecule has 1 aromatic heterocycles. The number of ether oxygens (including phenoxy) is 1. The number of benzene rings is 1. The molecule has 0 saturated carbocycles. The monoisotopic (exact) mass is 446 g/mol. The lowest BCUT2D eigenvalue weighted by Gasteiger charge is -2.17. The Morgan fingerprint density at radius 1 is 1.29 bits per heavy atom. The highest BCUT2D eigenvalue weighted by Gasteiger charge is 2.27. The molecule has 0 spiro atoms. The third-order valence-electron chi connectivity index (χ3n) is 4.43. The molecule has 0 aliphatic carbocycles. The number of carbonyl (C=O) groups excluding carboxylic acids is 2. The first kappa shape index (κ1) is 21.6. The number of aryl methyl sites for hydroxylation is 1. The minimum absolute atomic E-state index is 0. The molecule has 148 valence electrons. The topological polar surface area (TPSA) is 95.4 Å². The molecule has 0 atom stereocenters. The van der Waals surface area contributed by atoms with E-state index < -0.39 is 0 Å². The van der Waals surface area contributed by atoms with Crippen LogP contribution in [-0.2, 0) is 6.54 Å². The van der Waals surface area contributed by atoms with Gasteiger partial charge in [0.25, 0.3) is 5.91 Å². The smallest absolute Gasteiger partial charge is 0.254 e. The van der Waals surface area contributed by atoms with Gasteiger partial charge in [-0.25, -0.2) is 4.98 Å². The van der Waals surface area contributed by atoms with Crippen LogP contribution in [-0.4, -0.2) is 47.6 Å². The standard InChI is InChI=1S/C20H22N4O3.BrH/c1-4-27-17-8-7-13(9-15(17)20(26)22-3)16(25)11-24-10-14-6-5-12(2)23-18(14)19(24)21;/h5-9,21H,4,10-11H2,1-3H3,(H,22,26);1H. The molecule has 2 heterocycles. The lowest BCUT2D eigenvalue weighted by atomic mass is 10.0. The van der Waals surface area contributed by atoms with E-state index in [1.165, 1.54) is 7.05 Å². The molecule has 8 heteroatoms. The molecule has 0 unspecified atom stereocenters. The van der Waals surface area contributed by atoms with Crippen LogP contribution in [0.25, 0.3) is 0 Å². The maximum atomic E-state index is 12.8. The number of nitrogens with one attached hydrogen (secondary N) is 2. The van der Waals surface area contributed by atoms with Crippen molar-refractivity contribution in [1.29, 1.82) is 5.41 Å². The summed E-state index contributed by atoms with van der Waals surface area (Å²) in [5, 5.41) is 10.9. The lowest BCUT2D eigenvalue weighted by Crippen LogP contribution is -2.30. The van der Waals surface area contributed by atoms with Crippen molar-refractivity contribution >= 4 is 34.5 Å². The van der Waals surface area contributed by atoms with Crippen LogP contribution < -0.4 is 10.1 Å². The highest BCUT2D eigenvalue weighted by atomic mass is 79.9. The van der Waals surface area contributed by atoms with Gasteiger partial charge in [0.05, 0.1) is 18.7 Å². The van der Waals surface area contributed by atoms with Gasteiger partial charge < -0.3 is 15.0 Å². The van der Waals surface area contributed by atoms with E-state index in [4.69, 9.17) is 10.1 Å². The van der Waals surface area contributed by atoms with Crippen molar-refractivity contribution in [2.24, 2.45) is 0 Å². The van der Waals surface area contributed by atoms with Gasteiger partial charge in [0.1, 0.15) is 17.3 Å². The molecule has 0 fully saturated rings. The normalized spacial score (nSPS) is 12.2. The van der Waals surface area contributed by atoms with E-state index >= 15 is 0 Å². The zero-order valence-corrected chi connectivity index (χ0v) is 17.7. The van der Waals surface area contributed by atoms with Gasteiger partial charge in [-0.1, -0.05) is 6.07 Å². The SMILES string of the molecule is Br.CCOc1ccc(C(=O)CN2Cc3ccc(C)nc3C2=N)cc1C(=O)NC. The minimum atomic E-state index is -0.311. The van der Waals surface area contributed by atoms with Gasteiger partial charge in [-0.15, -0.1) is 17.0 Å². The molecule has 7 nitrogen and oxygen atoms in total. The summed E-state index contributed by atoms with van der Waals surface area (Å²) in [6, 6.07) is 8.67. The average Bonchev–Trinajstić information content (AvgIpc) is 2.97. The van der Waals surface area contributed by atoms with Gasteiger partial charge in [0.15, 0.2) is 5.78 Å². The Morgan fingerprint density at radius 3 is 2.71 bits per heavy atom. The average molecular weight is 447 g/mol. The first-order valence-corrected chi connectivity index (χ1v) is 8.77. The lowest BCUT2D eigenvalue weighted by molar-refractivity contribution is 0.0959. The number of aromatic nitrogens is 1. The van der Waals surface area contributed by atoms with Crippen molar-refractivity contribution in [3.05, 3.63) is 58.4 Å². The zero-order valence-electron chi connectivity index (χ0n) is 16.0. The number of Topliss-reactive ketones (excluding diaryl/α,β-unsaturated/α-hetero) is 1. The first-order chi connectivity index (χ1) is 12.9. The molecule has 3 rings (SSSR count). The fraction of sp³-hybridized carbons (Fsp3) is 0.300. The molecular weight excluding hydrogens is 424 g/mol. The molecule has 0 saturated heterocycles. The summed E-state index contributed by atoms with van der Waals surface area (Å²) in [6.07, 6.45) is 0. The highest BCUT2D eigenvalue weighted by Crippen LogP contribution is 2.24. The number of fused-ring (bicyclic) bond motifs is 1.